The predicted octanol–water partition coefficient (Wildman–Crippen LogP) is 10.7. The summed E-state index contributed by atoms with van der Waals surface area (Å²) in [5, 5.41) is -0.256. The van der Waals surface area contributed by atoms with Crippen LogP contribution < -0.4 is 0 Å². The zero-order valence-electron chi connectivity index (χ0n) is 24.9. The molecule has 0 fully saturated rings. The maximum atomic E-state index is 6.00. The van der Waals surface area contributed by atoms with Crippen molar-refractivity contribution in [3.63, 3.8) is 0 Å². The van der Waals surface area contributed by atoms with Gasteiger partial charge in [-0.1, -0.05) is 137 Å². The van der Waals surface area contributed by atoms with Crippen LogP contribution in [0.3, 0.4) is 0 Å². The fraction of sp³-hybridized carbons (Fsp3) is 0.500. The van der Waals surface area contributed by atoms with E-state index in [1.807, 2.05) is 0 Å². The topological polar surface area (TPSA) is 18.5 Å². The normalized spacial score (nSPS) is 11.5. The molecule has 0 bridgehead atoms. The highest BCUT2D eigenvalue weighted by atomic mass is 79.9. The van der Waals surface area contributed by atoms with E-state index >= 15 is 0 Å². The van der Waals surface area contributed by atoms with Gasteiger partial charge in [0.05, 0.1) is 5.16 Å². The monoisotopic (exact) mass is 626 g/mol. The number of hydrogen-bond acceptors (Lipinski definition) is 2. The summed E-state index contributed by atoms with van der Waals surface area (Å²) in [6.45, 7) is 6.06. The van der Waals surface area contributed by atoms with Crippen LogP contribution in [0.1, 0.15) is 107 Å². The minimum absolute atomic E-state index is 0. The van der Waals surface area contributed by atoms with Crippen molar-refractivity contribution in [3.05, 3.63) is 107 Å². The third kappa shape index (κ3) is 11.1. The molecule has 0 spiro atoms. The first-order valence-corrected chi connectivity index (χ1v) is 16.0. The van der Waals surface area contributed by atoms with Gasteiger partial charge in [0.25, 0.3) is 0 Å². The number of halogens is 1. The lowest BCUT2D eigenvalue weighted by molar-refractivity contribution is -0.147. The van der Waals surface area contributed by atoms with E-state index in [1.165, 1.54) is 73.6 Å². The molecule has 4 heteroatoms. The van der Waals surface area contributed by atoms with Crippen molar-refractivity contribution >= 4 is 26.2 Å². The standard InChI is InChI=1S/C36H51O2P.BrH/c1-3-5-29-37-35(38-30-6-4-2)28-18-10-8-7-9-13-21-31-22-19-20-27-34(31)36(39,32-23-14-11-15-24-32)33-25-16-12-17-26-33;/h11-12,14-17,19-20,22-27,35H,3-10,13,18,21,28-30,39H2,1-2H3;1H. The highest BCUT2D eigenvalue weighted by Gasteiger charge is 2.32. The molecular formula is C36H52BrO2P. The molecule has 0 radical (unpaired) electrons. The highest BCUT2D eigenvalue weighted by Crippen LogP contribution is 2.46. The summed E-state index contributed by atoms with van der Waals surface area (Å²) in [6.07, 6.45) is 14.2. The van der Waals surface area contributed by atoms with Crippen LogP contribution in [0.2, 0.25) is 0 Å². The van der Waals surface area contributed by atoms with E-state index in [0.29, 0.717) is 0 Å². The Labute approximate surface area is 257 Å². The van der Waals surface area contributed by atoms with Crippen LogP contribution in [0.15, 0.2) is 84.9 Å². The second-order valence-electron chi connectivity index (χ2n) is 10.7. The lowest BCUT2D eigenvalue weighted by atomic mass is 9.81. The second kappa shape index (κ2) is 20.4. The van der Waals surface area contributed by atoms with Gasteiger partial charge in [-0.05, 0) is 60.8 Å². The Kier molecular flexibility index (Phi) is 17.7. The fourth-order valence-corrected chi connectivity index (χ4v) is 5.94. The van der Waals surface area contributed by atoms with Crippen molar-refractivity contribution in [1.29, 1.82) is 0 Å². The van der Waals surface area contributed by atoms with Crippen molar-refractivity contribution in [2.75, 3.05) is 13.2 Å². The van der Waals surface area contributed by atoms with Gasteiger partial charge in [0.1, 0.15) is 0 Å². The zero-order valence-corrected chi connectivity index (χ0v) is 27.7. The summed E-state index contributed by atoms with van der Waals surface area (Å²) >= 11 is 0. The summed E-state index contributed by atoms with van der Waals surface area (Å²) in [5.74, 6) is 0. The number of hydrogen-bond donors (Lipinski definition) is 0. The van der Waals surface area contributed by atoms with Crippen LogP contribution in [0.5, 0.6) is 0 Å². The maximum absolute atomic E-state index is 6.00. The van der Waals surface area contributed by atoms with Crippen molar-refractivity contribution < 1.29 is 9.47 Å². The van der Waals surface area contributed by atoms with Crippen molar-refractivity contribution in [3.8, 4) is 0 Å². The van der Waals surface area contributed by atoms with E-state index < -0.39 is 0 Å². The van der Waals surface area contributed by atoms with Crippen LogP contribution >= 0.6 is 26.2 Å². The van der Waals surface area contributed by atoms with Crippen LogP contribution in [0, 0.1) is 0 Å². The van der Waals surface area contributed by atoms with Crippen molar-refractivity contribution in [2.24, 2.45) is 0 Å². The Morgan fingerprint density at radius 3 is 1.62 bits per heavy atom. The van der Waals surface area contributed by atoms with Crippen molar-refractivity contribution in [1.82, 2.24) is 0 Å². The van der Waals surface area contributed by atoms with Gasteiger partial charge in [-0.15, -0.1) is 26.2 Å². The average Bonchev–Trinajstić information content (AvgIpc) is 2.99. The minimum Gasteiger partial charge on any atom is -0.353 e. The van der Waals surface area contributed by atoms with Gasteiger partial charge in [0.15, 0.2) is 6.29 Å². The molecule has 0 saturated carbocycles. The van der Waals surface area contributed by atoms with Gasteiger partial charge < -0.3 is 9.47 Å². The molecule has 0 aliphatic rings. The molecule has 220 valence electrons. The smallest absolute Gasteiger partial charge is 0.157 e. The minimum atomic E-state index is -0.256. The molecular weight excluding hydrogens is 575 g/mol. The zero-order chi connectivity index (χ0) is 27.6. The van der Waals surface area contributed by atoms with Gasteiger partial charge in [0, 0.05) is 13.2 Å². The Hall–Kier alpha value is -1.51. The van der Waals surface area contributed by atoms with Crippen LogP contribution in [-0.2, 0) is 21.1 Å². The molecule has 40 heavy (non-hydrogen) atoms. The molecule has 3 rings (SSSR count). The summed E-state index contributed by atoms with van der Waals surface area (Å²) in [7, 11) is 3.21. The molecule has 0 heterocycles. The Morgan fingerprint density at radius 1 is 0.600 bits per heavy atom. The van der Waals surface area contributed by atoms with E-state index in [9.17, 15) is 0 Å². The number of rotatable bonds is 20. The quantitative estimate of drug-likeness (QED) is 0.0537. The number of unbranched alkanes of at least 4 members (excludes halogenated alkanes) is 7. The van der Waals surface area contributed by atoms with E-state index in [2.05, 4.69) is 108 Å². The molecule has 1 unspecified atom stereocenters. The maximum Gasteiger partial charge on any atom is 0.157 e. The van der Waals surface area contributed by atoms with Gasteiger partial charge in [-0.2, -0.15) is 0 Å². The molecule has 3 aromatic carbocycles. The molecule has 2 nitrogen and oxygen atoms in total. The molecule has 0 aliphatic carbocycles. The largest absolute Gasteiger partial charge is 0.353 e. The molecule has 1 atom stereocenters. The van der Waals surface area contributed by atoms with E-state index in [4.69, 9.17) is 9.47 Å². The first kappa shape index (κ1) is 34.7. The summed E-state index contributed by atoms with van der Waals surface area (Å²) in [6, 6.07) is 30.9. The Morgan fingerprint density at radius 2 is 1.07 bits per heavy atom. The van der Waals surface area contributed by atoms with Gasteiger partial charge in [0.2, 0.25) is 0 Å². The summed E-state index contributed by atoms with van der Waals surface area (Å²) in [4.78, 5) is 0. The number of ether oxygens (including phenoxy) is 2. The molecule has 0 N–H and O–H groups in total. The third-order valence-corrected chi connectivity index (χ3v) is 8.62. The lowest BCUT2D eigenvalue weighted by Crippen LogP contribution is -2.23. The first-order chi connectivity index (χ1) is 19.2. The molecule has 0 amide bonds. The fourth-order valence-electron chi connectivity index (χ4n) is 5.27. The highest BCUT2D eigenvalue weighted by molar-refractivity contribution is 8.93. The molecule has 0 saturated heterocycles. The van der Waals surface area contributed by atoms with Crippen LogP contribution in [0.4, 0.5) is 0 Å². The predicted molar refractivity (Wildman–Crippen MR) is 181 cm³/mol. The van der Waals surface area contributed by atoms with Gasteiger partial charge in [-0.3, -0.25) is 0 Å². The number of benzene rings is 3. The number of aryl methyl sites for hydroxylation is 1. The van der Waals surface area contributed by atoms with Crippen LogP contribution in [0.25, 0.3) is 0 Å². The molecule has 3 aromatic rings. The molecule has 0 aromatic heterocycles. The second-order valence-corrected chi connectivity index (χ2v) is 11.6. The molecule has 0 aliphatic heterocycles. The van der Waals surface area contributed by atoms with Gasteiger partial charge >= 0.3 is 0 Å². The Balaban J connectivity index is 0.00000560. The summed E-state index contributed by atoms with van der Waals surface area (Å²) < 4.78 is 12.0. The lowest BCUT2D eigenvalue weighted by Gasteiger charge is -2.33. The van der Waals surface area contributed by atoms with Crippen molar-refractivity contribution in [2.45, 2.75) is 102 Å². The Bertz CT molecular complexity index is 978. The van der Waals surface area contributed by atoms with E-state index in [1.54, 1.807) is 0 Å². The van der Waals surface area contributed by atoms with Gasteiger partial charge in [-0.25, -0.2) is 0 Å². The van der Waals surface area contributed by atoms with Crippen LogP contribution in [-0.4, -0.2) is 19.5 Å². The summed E-state index contributed by atoms with van der Waals surface area (Å²) in [5.41, 5.74) is 5.47. The SMILES string of the molecule is Br.CCCCOC(CCCCCCCCc1ccccc1C(P)(c1ccccc1)c1ccccc1)OCCCC. The van der Waals surface area contributed by atoms with E-state index in [0.717, 1.165) is 38.9 Å². The average molecular weight is 628 g/mol. The van der Waals surface area contributed by atoms with E-state index in [-0.39, 0.29) is 28.4 Å². The first-order valence-electron chi connectivity index (χ1n) is 15.4. The third-order valence-electron chi connectivity index (χ3n) is 7.64.